The maximum atomic E-state index is 5.27. The summed E-state index contributed by atoms with van der Waals surface area (Å²) in [7, 11) is 0. The lowest BCUT2D eigenvalue weighted by atomic mass is 9.97. The van der Waals surface area contributed by atoms with Gasteiger partial charge in [-0.1, -0.05) is 12.1 Å². The van der Waals surface area contributed by atoms with Gasteiger partial charge in [-0.15, -0.1) is 0 Å². The molecule has 1 aliphatic heterocycles. The van der Waals surface area contributed by atoms with Crippen molar-refractivity contribution in [2.45, 2.75) is 39.0 Å². The van der Waals surface area contributed by atoms with E-state index >= 15 is 0 Å². The molecule has 3 aromatic heterocycles. The molecule has 8 heteroatoms. The van der Waals surface area contributed by atoms with E-state index in [4.69, 9.17) is 4.52 Å². The second-order valence-corrected chi connectivity index (χ2v) is 5.91. The molecule has 1 atom stereocenters. The van der Waals surface area contributed by atoms with Crippen LogP contribution in [0.2, 0.25) is 0 Å². The highest BCUT2D eigenvalue weighted by molar-refractivity contribution is 5.47. The number of aromatic nitrogens is 6. The standard InChI is InChI=1S/C15H19N7O/c1-3-12-19-14(20-23-12)11-5-4-6-21(8-11)13-7-10(2)18-15-16-9-17-22(13)15/h7,9,11H,3-6,8H2,1-2H3. The summed E-state index contributed by atoms with van der Waals surface area (Å²) in [6, 6.07) is 2.05. The second kappa shape index (κ2) is 5.60. The third kappa shape index (κ3) is 2.54. The van der Waals surface area contributed by atoms with Crippen LogP contribution in [0, 0.1) is 6.92 Å². The lowest BCUT2D eigenvalue weighted by Crippen LogP contribution is -2.36. The number of hydrogen-bond acceptors (Lipinski definition) is 7. The monoisotopic (exact) mass is 313 g/mol. The third-order valence-corrected chi connectivity index (χ3v) is 4.26. The van der Waals surface area contributed by atoms with Crippen molar-refractivity contribution in [3.8, 4) is 0 Å². The predicted octanol–water partition coefficient (Wildman–Crippen LogP) is 1.76. The van der Waals surface area contributed by atoms with Gasteiger partial charge in [0.05, 0.1) is 0 Å². The minimum Gasteiger partial charge on any atom is -0.356 e. The van der Waals surface area contributed by atoms with Crippen molar-refractivity contribution in [3.05, 3.63) is 29.8 Å². The van der Waals surface area contributed by atoms with Gasteiger partial charge in [-0.2, -0.15) is 19.6 Å². The van der Waals surface area contributed by atoms with E-state index < -0.39 is 0 Å². The molecule has 0 N–H and O–H groups in total. The Morgan fingerprint density at radius 2 is 2.26 bits per heavy atom. The molecule has 1 unspecified atom stereocenters. The topological polar surface area (TPSA) is 85.2 Å². The van der Waals surface area contributed by atoms with Gasteiger partial charge in [-0.25, -0.2) is 4.98 Å². The zero-order chi connectivity index (χ0) is 15.8. The van der Waals surface area contributed by atoms with E-state index in [1.165, 1.54) is 0 Å². The molecule has 0 spiro atoms. The Hall–Kier alpha value is -2.51. The zero-order valence-corrected chi connectivity index (χ0v) is 13.3. The summed E-state index contributed by atoms with van der Waals surface area (Å²) in [5.74, 6) is 3.45. The highest BCUT2D eigenvalue weighted by atomic mass is 16.5. The van der Waals surface area contributed by atoms with E-state index in [0.717, 1.165) is 49.7 Å². The number of fused-ring (bicyclic) bond motifs is 1. The summed E-state index contributed by atoms with van der Waals surface area (Å²) in [5.41, 5.74) is 0.940. The fourth-order valence-electron chi connectivity index (χ4n) is 3.11. The van der Waals surface area contributed by atoms with E-state index in [1.807, 2.05) is 13.8 Å². The molecule has 0 saturated carbocycles. The van der Waals surface area contributed by atoms with Crippen LogP contribution in [0.15, 0.2) is 16.9 Å². The summed E-state index contributed by atoms with van der Waals surface area (Å²) >= 11 is 0. The van der Waals surface area contributed by atoms with E-state index in [-0.39, 0.29) is 5.92 Å². The van der Waals surface area contributed by atoms with Crippen LogP contribution in [0.5, 0.6) is 0 Å². The molecule has 4 rings (SSSR count). The largest absolute Gasteiger partial charge is 0.356 e. The molecule has 1 saturated heterocycles. The van der Waals surface area contributed by atoms with Crippen LogP contribution in [-0.4, -0.2) is 42.8 Å². The highest BCUT2D eigenvalue weighted by Gasteiger charge is 2.27. The number of anilines is 1. The molecule has 3 aromatic rings. The Kier molecular flexibility index (Phi) is 3.44. The minimum absolute atomic E-state index is 0.278. The predicted molar refractivity (Wildman–Crippen MR) is 83.4 cm³/mol. The van der Waals surface area contributed by atoms with Crippen LogP contribution in [0.3, 0.4) is 0 Å². The van der Waals surface area contributed by atoms with Gasteiger partial charge < -0.3 is 9.42 Å². The maximum absolute atomic E-state index is 5.27. The van der Waals surface area contributed by atoms with Crippen LogP contribution in [0.1, 0.15) is 43.1 Å². The summed E-state index contributed by atoms with van der Waals surface area (Å²) in [6.07, 6.45) is 4.47. The summed E-state index contributed by atoms with van der Waals surface area (Å²) < 4.78 is 7.06. The molecule has 120 valence electrons. The zero-order valence-electron chi connectivity index (χ0n) is 13.3. The average Bonchev–Trinajstić information content (AvgIpc) is 3.23. The van der Waals surface area contributed by atoms with Gasteiger partial charge in [0, 0.05) is 37.2 Å². The first kappa shape index (κ1) is 14.1. The molecule has 0 radical (unpaired) electrons. The second-order valence-electron chi connectivity index (χ2n) is 5.91. The van der Waals surface area contributed by atoms with Crippen molar-refractivity contribution < 1.29 is 4.52 Å². The van der Waals surface area contributed by atoms with Gasteiger partial charge in [0.2, 0.25) is 5.89 Å². The van der Waals surface area contributed by atoms with E-state index in [1.54, 1.807) is 10.8 Å². The van der Waals surface area contributed by atoms with Crippen LogP contribution < -0.4 is 4.90 Å². The van der Waals surface area contributed by atoms with E-state index in [2.05, 4.69) is 36.2 Å². The Labute approximate surface area is 133 Å². The lowest BCUT2D eigenvalue weighted by Gasteiger charge is -2.32. The van der Waals surface area contributed by atoms with Gasteiger partial charge in [0.1, 0.15) is 12.1 Å². The number of aryl methyl sites for hydroxylation is 2. The van der Waals surface area contributed by atoms with Gasteiger partial charge >= 0.3 is 0 Å². The molecule has 1 aliphatic rings. The first-order chi connectivity index (χ1) is 11.2. The van der Waals surface area contributed by atoms with Crippen molar-refractivity contribution in [2.24, 2.45) is 0 Å². The third-order valence-electron chi connectivity index (χ3n) is 4.26. The Morgan fingerprint density at radius 1 is 1.35 bits per heavy atom. The minimum atomic E-state index is 0.278. The highest BCUT2D eigenvalue weighted by Crippen LogP contribution is 2.28. The SMILES string of the molecule is CCc1nc(C2CCCN(c3cc(C)nc4ncnn34)C2)no1. The molecule has 0 aliphatic carbocycles. The lowest BCUT2D eigenvalue weighted by molar-refractivity contribution is 0.367. The smallest absolute Gasteiger partial charge is 0.254 e. The molecule has 8 nitrogen and oxygen atoms in total. The van der Waals surface area contributed by atoms with Crippen molar-refractivity contribution in [1.29, 1.82) is 0 Å². The van der Waals surface area contributed by atoms with Crippen LogP contribution in [-0.2, 0) is 6.42 Å². The van der Waals surface area contributed by atoms with Gasteiger partial charge in [0.25, 0.3) is 5.78 Å². The average molecular weight is 313 g/mol. The number of rotatable bonds is 3. The fraction of sp³-hybridized carbons (Fsp3) is 0.533. The van der Waals surface area contributed by atoms with Crippen molar-refractivity contribution in [3.63, 3.8) is 0 Å². The van der Waals surface area contributed by atoms with Crippen LogP contribution >= 0.6 is 0 Å². The summed E-state index contributed by atoms with van der Waals surface area (Å²) in [5, 5.41) is 8.45. The van der Waals surface area contributed by atoms with E-state index in [0.29, 0.717) is 11.7 Å². The fourth-order valence-corrected chi connectivity index (χ4v) is 3.11. The van der Waals surface area contributed by atoms with Crippen molar-refractivity contribution in [2.75, 3.05) is 18.0 Å². The summed E-state index contributed by atoms with van der Waals surface area (Å²) in [6.45, 7) is 5.83. The molecule has 4 heterocycles. The molecular formula is C15H19N7O. The Morgan fingerprint density at radius 3 is 3.09 bits per heavy atom. The van der Waals surface area contributed by atoms with Gasteiger partial charge in [-0.3, -0.25) is 0 Å². The first-order valence-corrected chi connectivity index (χ1v) is 7.99. The number of nitrogens with zero attached hydrogens (tertiary/aromatic N) is 7. The molecule has 0 aromatic carbocycles. The summed E-state index contributed by atoms with van der Waals surface area (Å²) in [4.78, 5) is 15.4. The van der Waals surface area contributed by atoms with Gasteiger partial charge in [0.15, 0.2) is 5.82 Å². The molecule has 1 fully saturated rings. The molecular weight excluding hydrogens is 294 g/mol. The van der Waals surface area contributed by atoms with Crippen LogP contribution in [0.25, 0.3) is 5.78 Å². The first-order valence-electron chi connectivity index (χ1n) is 7.99. The molecule has 23 heavy (non-hydrogen) atoms. The Balaban J connectivity index is 1.64. The maximum Gasteiger partial charge on any atom is 0.254 e. The Bertz CT molecular complexity index is 824. The number of hydrogen-bond donors (Lipinski definition) is 0. The molecule has 0 bridgehead atoms. The molecule has 0 amide bonds. The van der Waals surface area contributed by atoms with Crippen molar-refractivity contribution in [1.82, 2.24) is 29.7 Å². The van der Waals surface area contributed by atoms with Crippen molar-refractivity contribution >= 4 is 11.6 Å². The van der Waals surface area contributed by atoms with Gasteiger partial charge in [-0.05, 0) is 19.8 Å². The van der Waals surface area contributed by atoms with E-state index in [9.17, 15) is 0 Å². The number of piperidine rings is 1. The quantitative estimate of drug-likeness (QED) is 0.728. The van der Waals surface area contributed by atoms with Crippen LogP contribution in [0.4, 0.5) is 5.82 Å². The normalized spacial score (nSPS) is 18.7.